The van der Waals surface area contributed by atoms with Gasteiger partial charge in [-0.3, -0.25) is 14.4 Å². The van der Waals surface area contributed by atoms with Gasteiger partial charge in [0.15, 0.2) is 0 Å². The normalized spacial score (nSPS) is 10.2. The van der Waals surface area contributed by atoms with Crippen LogP contribution in [-0.4, -0.2) is 36.8 Å². The smallest absolute Gasteiger partial charge is 0.267 e. The summed E-state index contributed by atoms with van der Waals surface area (Å²) in [4.78, 5) is 40.2. The molecule has 6 heteroatoms. The van der Waals surface area contributed by atoms with Crippen molar-refractivity contribution in [2.24, 2.45) is 0 Å². The van der Waals surface area contributed by atoms with Gasteiger partial charge in [-0.2, -0.15) is 0 Å². The van der Waals surface area contributed by atoms with Crippen molar-refractivity contribution in [3.63, 3.8) is 0 Å². The minimum Gasteiger partial charge on any atom is -0.497 e. The molecule has 0 heterocycles. The fraction of sp³-hybridized carbons (Fsp3) is 0.125. The van der Waals surface area contributed by atoms with E-state index in [2.05, 4.69) is 0 Å². The first-order valence-corrected chi connectivity index (χ1v) is 9.22. The average Bonchev–Trinajstić information content (AvgIpc) is 2.79. The van der Waals surface area contributed by atoms with Crippen LogP contribution in [0.1, 0.15) is 36.6 Å². The number of hydrogen-bond acceptors (Lipinski definition) is 5. The first-order chi connectivity index (χ1) is 14.4. The van der Waals surface area contributed by atoms with Crippen LogP contribution in [0, 0.1) is 6.92 Å². The molecule has 3 aromatic rings. The number of carbonyl (C=O) groups excluding carboxylic acids is 3. The van der Waals surface area contributed by atoms with Crippen molar-refractivity contribution in [3.8, 4) is 11.5 Å². The molecule has 0 spiro atoms. The van der Waals surface area contributed by atoms with E-state index in [4.69, 9.17) is 9.47 Å². The molecule has 0 aliphatic rings. The Morgan fingerprint density at radius 2 is 0.867 bits per heavy atom. The average molecular weight is 403 g/mol. The van der Waals surface area contributed by atoms with E-state index in [-0.39, 0.29) is 16.7 Å². The number of methoxy groups -OCH3 is 2. The molecule has 3 rings (SSSR count). The fourth-order valence-corrected chi connectivity index (χ4v) is 2.83. The molecule has 0 bridgehead atoms. The Morgan fingerprint density at radius 1 is 0.567 bits per heavy atom. The zero-order chi connectivity index (χ0) is 21.7. The predicted octanol–water partition coefficient (Wildman–Crippen LogP) is 4.14. The van der Waals surface area contributed by atoms with Crippen molar-refractivity contribution in [2.45, 2.75) is 6.92 Å². The highest BCUT2D eigenvalue weighted by molar-refractivity contribution is 6.24. The number of aryl methyl sites for hydroxylation is 1. The van der Waals surface area contributed by atoms with E-state index >= 15 is 0 Å². The summed E-state index contributed by atoms with van der Waals surface area (Å²) in [6.45, 7) is 1.89. The Morgan fingerprint density at radius 3 is 1.17 bits per heavy atom. The zero-order valence-electron chi connectivity index (χ0n) is 16.9. The maximum absolute atomic E-state index is 13.2. The zero-order valence-corrected chi connectivity index (χ0v) is 16.9. The van der Waals surface area contributed by atoms with Gasteiger partial charge in [-0.25, -0.2) is 4.90 Å². The second kappa shape index (κ2) is 9.05. The summed E-state index contributed by atoms with van der Waals surface area (Å²) >= 11 is 0. The van der Waals surface area contributed by atoms with E-state index in [1.54, 1.807) is 48.5 Å². The second-order valence-electron chi connectivity index (χ2n) is 6.57. The van der Waals surface area contributed by atoms with Gasteiger partial charge < -0.3 is 9.47 Å². The van der Waals surface area contributed by atoms with Crippen LogP contribution in [-0.2, 0) is 0 Å². The quantitative estimate of drug-likeness (QED) is 0.599. The minimum absolute atomic E-state index is 0.193. The molecule has 0 atom stereocenters. The lowest BCUT2D eigenvalue weighted by molar-refractivity contribution is 0.0538. The molecule has 6 nitrogen and oxygen atoms in total. The molecule has 0 aromatic heterocycles. The number of ether oxygens (including phenoxy) is 2. The van der Waals surface area contributed by atoms with Crippen molar-refractivity contribution in [1.82, 2.24) is 4.90 Å². The Kier molecular flexibility index (Phi) is 6.27. The first-order valence-electron chi connectivity index (χ1n) is 9.22. The van der Waals surface area contributed by atoms with Gasteiger partial charge in [0.1, 0.15) is 11.5 Å². The lowest BCUT2D eigenvalue weighted by Gasteiger charge is -2.20. The Balaban J connectivity index is 2.02. The number of carbonyl (C=O) groups is 3. The Hall–Kier alpha value is -3.93. The fourth-order valence-electron chi connectivity index (χ4n) is 2.83. The van der Waals surface area contributed by atoms with Crippen molar-refractivity contribution < 1.29 is 23.9 Å². The van der Waals surface area contributed by atoms with Crippen LogP contribution < -0.4 is 9.47 Å². The van der Waals surface area contributed by atoms with Gasteiger partial charge in [0.05, 0.1) is 14.2 Å². The first kappa shape index (κ1) is 20.8. The third kappa shape index (κ3) is 4.38. The molecule has 3 amide bonds. The van der Waals surface area contributed by atoms with E-state index in [0.717, 1.165) is 5.56 Å². The van der Waals surface area contributed by atoms with Crippen LogP contribution in [0.5, 0.6) is 11.5 Å². The van der Waals surface area contributed by atoms with Crippen LogP contribution in [0.3, 0.4) is 0 Å². The molecular weight excluding hydrogens is 382 g/mol. The highest BCUT2D eigenvalue weighted by atomic mass is 16.5. The second-order valence-corrected chi connectivity index (χ2v) is 6.57. The summed E-state index contributed by atoms with van der Waals surface area (Å²) in [5.74, 6) is -1.02. The summed E-state index contributed by atoms with van der Waals surface area (Å²) in [6, 6.07) is 19.1. The third-order valence-electron chi connectivity index (χ3n) is 4.58. The van der Waals surface area contributed by atoms with Crippen molar-refractivity contribution in [1.29, 1.82) is 0 Å². The molecule has 0 saturated heterocycles. The number of nitrogens with zero attached hydrogens (tertiary/aromatic N) is 1. The summed E-state index contributed by atoms with van der Waals surface area (Å²) in [5, 5.41) is 0. The number of rotatable bonds is 5. The highest BCUT2D eigenvalue weighted by Gasteiger charge is 2.31. The van der Waals surface area contributed by atoms with E-state index < -0.39 is 17.7 Å². The molecule has 30 heavy (non-hydrogen) atoms. The van der Waals surface area contributed by atoms with Gasteiger partial charge in [0.2, 0.25) is 0 Å². The monoisotopic (exact) mass is 403 g/mol. The topological polar surface area (TPSA) is 72.9 Å². The minimum atomic E-state index is -0.718. The van der Waals surface area contributed by atoms with Crippen LogP contribution in [0.2, 0.25) is 0 Å². The SMILES string of the molecule is COc1ccc(C(=O)N(C(=O)c2ccc(C)cc2)C(=O)c2ccc(OC)cc2)cc1. The van der Waals surface area contributed by atoms with Crippen LogP contribution in [0.4, 0.5) is 0 Å². The molecule has 152 valence electrons. The van der Waals surface area contributed by atoms with E-state index in [1.165, 1.54) is 38.5 Å². The van der Waals surface area contributed by atoms with E-state index in [9.17, 15) is 14.4 Å². The third-order valence-corrected chi connectivity index (χ3v) is 4.58. The number of benzene rings is 3. The molecule has 0 aliphatic carbocycles. The van der Waals surface area contributed by atoms with Crippen molar-refractivity contribution >= 4 is 17.7 Å². The predicted molar refractivity (Wildman–Crippen MR) is 112 cm³/mol. The molecule has 0 N–H and O–H groups in total. The molecule has 0 saturated carbocycles. The van der Waals surface area contributed by atoms with Crippen LogP contribution in [0.25, 0.3) is 0 Å². The molecule has 0 radical (unpaired) electrons. The van der Waals surface area contributed by atoms with Crippen LogP contribution >= 0.6 is 0 Å². The Labute approximate surface area is 174 Å². The molecule has 0 fully saturated rings. The highest BCUT2D eigenvalue weighted by Crippen LogP contribution is 2.19. The number of hydrogen-bond donors (Lipinski definition) is 0. The van der Waals surface area contributed by atoms with E-state index in [1.807, 2.05) is 6.92 Å². The van der Waals surface area contributed by atoms with Crippen molar-refractivity contribution in [3.05, 3.63) is 95.1 Å². The van der Waals surface area contributed by atoms with Gasteiger partial charge in [-0.05, 0) is 67.6 Å². The maximum atomic E-state index is 13.2. The van der Waals surface area contributed by atoms with Gasteiger partial charge in [0, 0.05) is 16.7 Å². The number of amides is 3. The lowest BCUT2D eigenvalue weighted by atomic mass is 10.1. The number of imide groups is 3. The summed E-state index contributed by atoms with van der Waals surface area (Å²) in [6.07, 6.45) is 0. The standard InChI is InChI=1S/C24H21NO5/c1-16-4-6-17(7-5-16)22(26)25(23(27)18-8-12-20(29-2)13-9-18)24(28)19-10-14-21(30-3)15-11-19/h4-15H,1-3H3. The molecule has 0 unspecified atom stereocenters. The maximum Gasteiger partial charge on any atom is 0.267 e. The summed E-state index contributed by atoms with van der Waals surface area (Å²) in [5.41, 5.74) is 1.58. The summed E-state index contributed by atoms with van der Waals surface area (Å²) in [7, 11) is 3.02. The summed E-state index contributed by atoms with van der Waals surface area (Å²) < 4.78 is 10.2. The Bertz CT molecular complexity index is 995. The van der Waals surface area contributed by atoms with Gasteiger partial charge in [-0.15, -0.1) is 0 Å². The largest absolute Gasteiger partial charge is 0.497 e. The van der Waals surface area contributed by atoms with Crippen LogP contribution in [0.15, 0.2) is 72.8 Å². The molecule has 3 aromatic carbocycles. The van der Waals surface area contributed by atoms with E-state index in [0.29, 0.717) is 16.4 Å². The van der Waals surface area contributed by atoms with Gasteiger partial charge in [-0.1, -0.05) is 17.7 Å². The van der Waals surface area contributed by atoms with Crippen molar-refractivity contribution in [2.75, 3.05) is 14.2 Å². The molecular formula is C24H21NO5. The van der Waals surface area contributed by atoms with Gasteiger partial charge >= 0.3 is 0 Å². The molecule has 0 aliphatic heterocycles. The van der Waals surface area contributed by atoms with Gasteiger partial charge in [0.25, 0.3) is 17.7 Å². The lowest BCUT2D eigenvalue weighted by Crippen LogP contribution is -2.42.